The standard InChI is InChI=1S/C16H20F2N2O3/c17-12-4-1-5-13(18)15(12)16(22)20-9-8-19-14(21)7-6-11-3-2-10-23-11/h1,4-5,11H,2-3,6-10H2,(H,19,21)(H,20,22). The summed E-state index contributed by atoms with van der Waals surface area (Å²) in [6.45, 7) is 1.05. The molecule has 1 aromatic carbocycles. The van der Waals surface area contributed by atoms with Crippen molar-refractivity contribution in [3.8, 4) is 0 Å². The fourth-order valence-electron chi connectivity index (χ4n) is 2.43. The summed E-state index contributed by atoms with van der Waals surface area (Å²) in [5, 5.41) is 5.02. The monoisotopic (exact) mass is 326 g/mol. The quantitative estimate of drug-likeness (QED) is 0.751. The van der Waals surface area contributed by atoms with Crippen LogP contribution < -0.4 is 10.6 Å². The van der Waals surface area contributed by atoms with Crippen LogP contribution in [0.2, 0.25) is 0 Å². The highest BCUT2D eigenvalue weighted by atomic mass is 19.1. The predicted octanol–water partition coefficient (Wildman–Crippen LogP) is 1.77. The first kappa shape index (κ1) is 17.3. The van der Waals surface area contributed by atoms with Crippen molar-refractivity contribution in [1.29, 1.82) is 0 Å². The van der Waals surface area contributed by atoms with E-state index < -0.39 is 23.1 Å². The molecule has 1 aliphatic rings. The Kier molecular flexibility index (Phi) is 6.46. The van der Waals surface area contributed by atoms with Gasteiger partial charge in [-0.15, -0.1) is 0 Å². The van der Waals surface area contributed by atoms with E-state index in [2.05, 4.69) is 10.6 Å². The van der Waals surface area contributed by atoms with Crippen molar-refractivity contribution in [3.05, 3.63) is 35.4 Å². The summed E-state index contributed by atoms with van der Waals surface area (Å²) in [7, 11) is 0. The first-order valence-electron chi connectivity index (χ1n) is 7.68. The molecule has 0 radical (unpaired) electrons. The highest BCUT2D eigenvalue weighted by molar-refractivity contribution is 5.94. The Hall–Kier alpha value is -2.02. The van der Waals surface area contributed by atoms with Gasteiger partial charge in [0.2, 0.25) is 5.91 Å². The molecule has 2 rings (SSSR count). The lowest BCUT2D eigenvalue weighted by Gasteiger charge is -2.10. The molecule has 2 amide bonds. The molecular formula is C16H20F2N2O3. The first-order chi connectivity index (χ1) is 11.1. The fraction of sp³-hybridized carbons (Fsp3) is 0.500. The number of halogens is 2. The van der Waals surface area contributed by atoms with E-state index >= 15 is 0 Å². The first-order valence-corrected chi connectivity index (χ1v) is 7.68. The maximum atomic E-state index is 13.4. The van der Waals surface area contributed by atoms with Gasteiger partial charge in [0.15, 0.2) is 0 Å². The molecule has 1 aromatic rings. The number of benzene rings is 1. The molecule has 23 heavy (non-hydrogen) atoms. The van der Waals surface area contributed by atoms with Gasteiger partial charge in [-0.2, -0.15) is 0 Å². The van der Waals surface area contributed by atoms with E-state index in [4.69, 9.17) is 4.74 Å². The molecule has 0 aromatic heterocycles. The Balaban J connectivity index is 1.64. The van der Waals surface area contributed by atoms with Gasteiger partial charge in [0.1, 0.15) is 17.2 Å². The molecule has 1 saturated heterocycles. The number of ether oxygens (including phenoxy) is 1. The summed E-state index contributed by atoms with van der Waals surface area (Å²) >= 11 is 0. The third-order valence-electron chi connectivity index (χ3n) is 3.64. The zero-order valence-corrected chi connectivity index (χ0v) is 12.7. The number of hydrogen-bond donors (Lipinski definition) is 2. The lowest BCUT2D eigenvalue weighted by atomic mass is 10.1. The number of nitrogens with one attached hydrogen (secondary N) is 2. The van der Waals surface area contributed by atoms with Crippen molar-refractivity contribution in [2.24, 2.45) is 0 Å². The maximum absolute atomic E-state index is 13.4. The van der Waals surface area contributed by atoms with Gasteiger partial charge < -0.3 is 15.4 Å². The van der Waals surface area contributed by atoms with Gasteiger partial charge in [0.25, 0.3) is 5.91 Å². The SMILES string of the molecule is O=C(CCC1CCCO1)NCCNC(=O)c1c(F)cccc1F. The number of amides is 2. The second-order valence-electron chi connectivity index (χ2n) is 5.38. The molecule has 126 valence electrons. The normalized spacial score (nSPS) is 17.0. The van der Waals surface area contributed by atoms with Crippen LogP contribution in [-0.2, 0) is 9.53 Å². The molecule has 1 atom stereocenters. The van der Waals surface area contributed by atoms with Crippen molar-refractivity contribution in [2.45, 2.75) is 31.8 Å². The van der Waals surface area contributed by atoms with Gasteiger partial charge in [-0.25, -0.2) is 8.78 Å². The summed E-state index contributed by atoms with van der Waals surface area (Å²) < 4.78 is 32.2. The summed E-state index contributed by atoms with van der Waals surface area (Å²) in [4.78, 5) is 23.3. The van der Waals surface area contributed by atoms with E-state index in [0.29, 0.717) is 12.8 Å². The zero-order valence-electron chi connectivity index (χ0n) is 12.7. The van der Waals surface area contributed by atoms with Crippen LogP contribution in [0.25, 0.3) is 0 Å². The van der Waals surface area contributed by atoms with Crippen molar-refractivity contribution < 1.29 is 23.1 Å². The van der Waals surface area contributed by atoms with E-state index in [1.54, 1.807) is 0 Å². The minimum Gasteiger partial charge on any atom is -0.378 e. The molecule has 7 heteroatoms. The lowest BCUT2D eigenvalue weighted by molar-refractivity contribution is -0.121. The van der Waals surface area contributed by atoms with Crippen LogP contribution >= 0.6 is 0 Å². The van der Waals surface area contributed by atoms with Crippen LogP contribution in [0.4, 0.5) is 8.78 Å². The Morgan fingerprint density at radius 2 is 1.87 bits per heavy atom. The Morgan fingerprint density at radius 1 is 1.17 bits per heavy atom. The van der Waals surface area contributed by atoms with Gasteiger partial charge in [0, 0.05) is 26.1 Å². The third-order valence-corrected chi connectivity index (χ3v) is 3.64. The predicted molar refractivity (Wildman–Crippen MR) is 79.9 cm³/mol. The molecule has 1 fully saturated rings. The largest absolute Gasteiger partial charge is 0.378 e. The summed E-state index contributed by atoms with van der Waals surface area (Å²) in [5.74, 6) is -2.80. The van der Waals surface area contributed by atoms with E-state index in [0.717, 1.165) is 31.6 Å². The van der Waals surface area contributed by atoms with E-state index in [9.17, 15) is 18.4 Å². The maximum Gasteiger partial charge on any atom is 0.257 e. The minimum absolute atomic E-state index is 0.0955. The van der Waals surface area contributed by atoms with Crippen LogP contribution in [0.3, 0.4) is 0 Å². The van der Waals surface area contributed by atoms with Crippen LogP contribution in [-0.4, -0.2) is 37.6 Å². The average molecular weight is 326 g/mol. The van der Waals surface area contributed by atoms with E-state index in [1.165, 1.54) is 6.07 Å². The Morgan fingerprint density at radius 3 is 2.52 bits per heavy atom. The van der Waals surface area contributed by atoms with Gasteiger partial charge in [-0.3, -0.25) is 9.59 Å². The van der Waals surface area contributed by atoms with Crippen LogP contribution in [0.5, 0.6) is 0 Å². The molecule has 5 nitrogen and oxygen atoms in total. The van der Waals surface area contributed by atoms with Crippen molar-refractivity contribution >= 4 is 11.8 Å². The molecule has 0 aliphatic carbocycles. The van der Waals surface area contributed by atoms with Gasteiger partial charge in [-0.05, 0) is 31.4 Å². The summed E-state index contributed by atoms with van der Waals surface area (Å²) in [6, 6.07) is 3.23. The zero-order chi connectivity index (χ0) is 16.7. The minimum atomic E-state index is -0.914. The van der Waals surface area contributed by atoms with Crippen molar-refractivity contribution in [1.82, 2.24) is 10.6 Å². The van der Waals surface area contributed by atoms with E-state index in [1.807, 2.05) is 0 Å². The number of rotatable bonds is 7. The number of hydrogen-bond acceptors (Lipinski definition) is 3. The molecular weight excluding hydrogens is 306 g/mol. The fourth-order valence-corrected chi connectivity index (χ4v) is 2.43. The van der Waals surface area contributed by atoms with Gasteiger partial charge >= 0.3 is 0 Å². The van der Waals surface area contributed by atoms with Crippen LogP contribution in [0.1, 0.15) is 36.0 Å². The molecule has 0 saturated carbocycles. The smallest absolute Gasteiger partial charge is 0.257 e. The van der Waals surface area contributed by atoms with E-state index in [-0.39, 0.29) is 25.1 Å². The third kappa shape index (κ3) is 5.28. The summed E-state index contributed by atoms with van der Waals surface area (Å²) in [5.41, 5.74) is -0.614. The number of carbonyl (C=O) groups excluding carboxylic acids is 2. The Labute approximate surface area is 133 Å². The topological polar surface area (TPSA) is 67.4 Å². The molecule has 0 bridgehead atoms. The van der Waals surface area contributed by atoms with Gasteiger partial charge in [0.05, 0.1) is 6.10 Å². The highest BCUT2D eigenvalue weighted by Gasteiger charge is 2.17. The lowest BCUT2D eigenvalue weighted by Crippen LogP contribution is -2.35. The molecule has 1 heterocycles. The van der Waals surface area contributed by atoms with Crippen LogP contribution in [0, 0.1) is 11.6 Å². The van der Waals surface area contributed by atoms with Crippen molar-refractivity contribution in [2.75, 3.05) is 19.7 Å². The number of carbonyl (C=O) groups is 2. The second-order valence-corrected chi connectivity index (χ2v) is 5.38. The molecule has 1 aliphatic heterocycles. The summed E-state index contributed by atoms with van der Waals surface area (Å²) in [6.07, 6.45) is 3.21. The average Bonchev–Trinajstić information content (AvgIpc) is 3.03. The molecule has 2 N–H and O–H groups in total. The van der Waals surface area contributed by atoms with Crippen LogP contribution in [0.15, 0.2) is 18.2 Å². The molecule has 0 spiro atoms. The van der Waals surface area contributed by atoms with Crippen molar-refractivity contribution in [3.63, 3.8) is 0 Å². The Bertz CT molecular complexity index is 540. The molecule has 1 unspecified atom stereocenters. The van der Waals surface area contributed by atoms with Gasteiger partial charge in [-0.1, -0.05) is 6.07 Å². The highest BCUT2D eigenvalue weighted by Crippen LogP contribution is 2.16. The second kappa shape index (κ2) is 8.57.